The van der Waals surface area contributed by atoms with E-state index in [9.17, 15) is 23.3 Å². The maximum absolute atomic E-state index is 12.9. The molecular formula is C18H18ClN3O5S. The molecule has 0 bridgehead atoms. The van der Waals surface area contributed by atoms with Gasteiger partial charge in [0, 0.05) is 43.4 Å². The molecule has 0 saturated carbocycles. The van der Waals surface area contributed by atoms with Gasteiger partial charge >= 0.3 is 0 Å². The van der Waals surface area contributed by atoms with Crippen molar-refractivity contribution >= 4 is 33.2 Å². The summed E-state index contributed by atoms with van der Waals surface area (Å²) in [6.45, 7) is 2.12. The quantitative estimate of drug-likeness (QED) is 0.555. The smallest absolute Gasteiger partial charge is 0.275 e. The number of benzene rings is 2. The predicted molar refractivity (Wildman–Crippen MR) is 104 cm³/mol. The molecule has 0 aromatic heterocycles. The van der Waals surface area contributed by atoms with Gasteiger partial charge in [-0.25, -0.2) is 8.42 Å². The van der Waals surface area contributed by atoms with Crippen molar-refractivity contribution in [2.24, 2.45) is 0 Å². The molecule has 0 atom stereocenters. The van der Waals surface area contributed by atoms with Crippen LogP contribution in [-0.2, 0) is 10.0 Å². The molecule has 1 fully saturated rings. The average molecular weight is 424 g/mol. The van der Waals surface area contributed by atoms with E-state index < -0.39 is 14.9 Å². The zero-order valence-electron chi connectivity index (χ0n) is 15.0. The van der Waals surface area contributed by atoms with Crippen molar-refractivity contribution in [3.63, 3.8) is 0 Å². The number of rotatable bonds is 4. The molecule has 28 heavy (non-hydrogen) atoms. The van der Waals surface area contributed by atoms with E-state index in [1.165, 1.54) is 17.3 Å². The van der Waals surface area contributed by atoms with Crippen molar-refractivity contribution in [2.75, 3.05) is 26.2 Å². The van der Waals surface area contributed by atoms with E-state index in [4.69, 9.17) is 11.6 Å². The minimum Gasteiger partial charge on any atom is -0.336 e. The summed E-state index contributed by atoms with van der Waals surface area (Å²) >= 11 is 6.00. The van der Waals surface area contributed by atoms with Crippen LogP contribution in [0.2, 0.25) is 5.02 Å². The molecule has 0 N–H and O–H groups in total. The molecule has 10 heteroatoms. The van der Waals surface area contributed by atoms with Gasteiger partial charge in [0.25, 0.3) is 11.6 Å². The summed E-state index contributed by atoms with van der Waals surface area (Å²) in [7, 11) is -3.96. The number of hydrogen-bond acceptors (Lipinski definition) is 5. The van der Waals surface area contributed by atoms with Crippen molar-refractivity contribution in [1.82, 2.24) is 9.21 Å². The normalized spacial score (nSPS) is 15.4. The number of sulfonamides is 1. The molecule has 0 unspecified atom stereocenters. The SMILES string of the molecule is Cc1c(Cl)cc(S(=O)(=O)N2CCN(C(=O)c3ccccc3)CC2)cc1[N+](=O)[O-]. The van der Waals surface area contributed by atoms with Crippen LogP contribution >= 0.6 is 11.6 Å². The van der Waals surface area contributed by atoms with Crippen LogP contribution in [0.4, 0.5) is 5.69 Å². The van der Waals surface area contributed by atoms with Gasteiger partial charge in [-0.3, -0.25) is 14.9 Å². The molecule has 148 valence electrons. The van der Waals surface area contributed by atoms with Gasteiger partial charge in [0.05, 0.1) is 14.8 Å². The monoisotopic (exact) mass is 423 g/mol. The van der Waals surface area contributed by atoms with Crippen molar-refractivity contribution in [1.29, 1.82) is 0 Å². The van der Waals surface area contributed by atoms with Gasteiger partial charge in [-0.15, -0.1) is 0 Å². The van der Waals surface area contributed by atoms with Crippen LogP contribution in [-0.4, -0.2) is 54.6 Å². The van der Waals surface area contributed by atoms with Crippen molar-refractivity contribution in [3.05, 3.63) is 68.7 Å². The zero-order chi connectivity index (χ0) is 20.5. The molecule has 1 aliphatic heterocycles. The largest absolute Gasteiger partial charge is 0.336 e. The number of nitro benzene ring substituents is 1. The fourth-order valence-electron chi connectivity index (χ4n) is 3.02. The van der Waals surface area contributed by atoms with Crippen LogP contribution in [0.5, 0.6) is 0 Å². The summed E-state index contributed by atoms with van der Waals surface area (Å²) < 4.78 is 27.0. The van der Waals surface area contributed by atoms with Gasteiger partial charge in [0.2, 0.25) is 10.0 Å². The van der Waals surface area contributed by atoms with Gasteiger partial charge in [-0.1, -0.05) is 29.8 Å². The number of carbonyl (C=O) groups excluding carboxylic acids is 1. The van der Waals surface area contributed by atoms with E-state index in [2.05, 4.69) is 0 Å². The highest BCUT2D eigenvalue weighted by Crippen LogP contribution is 2.31. The second-order valence-electron chi connectivity index (χ2n) is 6.37. The molecule has 1 heterocycles. The Morgan fingerprint density at radius 3 is 2.29 bits per heavy atom. The summed E-state index contributed by atoms with van der Waals surface area (Å²) in [5.41, 5.74) is 0.410. The topological polar surface area (TPSA) is 101 Å². The first-order valence-corrected chi connectivity index (χ1v) is 10.3. The van der Waals surface area contributed by atoms with Gasteiger partial charge in [0.1, 0.15) is 0 Å². The van der Waals surface area contributed by atoms with Crippen LogP contribution in [0.3, 0.4) is 0 Å². The average Bonchev–Trinajstić information content (AvgIpc) is 2.69. The zero-order valence-corrected chi connectivity index (χ0v) is 16.6. The molecule has 2 aromatic rings. The summed E-state index contributed by atoms with van der Waals surface area (Å²) in [5, 5.41) is 11.2. The third-order valence-electron chi connectivity index (χ3n) is 4.67. The molecule has 1 saturated heterocycles. The van der Waals surface area contributed by atoms with Crippen molar-refractivity contribution < 1.29 is 18.1 Å². The maximum Gasteiger partial charge on any atom is 0.275 e. The fourth-order valence-corrected chi connectivity index (χ4v) is 4.77. The molecule has 0 radical (unpaired) electrons. The highest BCUT2D eigenvalue weighted by atomic mass is 35.5. The molecule has 1 amide bonds. The summed E-state index contributed by atoms with van der Waals surface area (Å²) in [6, 6.07) is 11.0. The molecule has 3 rings (SSSR count). The van der Waals surface area contributed by atoms with Crippen LogP contribution < -0.4 is 0 Å². The van der Waals surface area contributed by atoms with Crippen LogP contribution in [0.1, 0.15) is 15.9 Å². The minimum atomic E-state index is -3.96. The fraction of sp³-hybridized carbons (Fsp3) is 0.278. The maximum atomic E-state index is 12.9. The highest BCUT2D eigenvalue weighted by molar-refractivity contribution is 7.89. The third kappa shape index (κ3) is 3.87. The Labute approximate surface area is 167 Å². The number of piperazine rings is 1. The molecule has 0 aliphatic carbocycles. The third-order valence-corrected chi connectivity index (χ3v) is 6.94. The molecule has 0 spiro atoms. The Balaban J connectivity index is 1.78. The van der Waals surface area contributed by atoms with Gasteiger partial charge in [-0.05, 0) is 25.1 Å². The van der Waals surface area contributed by atoms with Gasteiger partial charge in [-0.2, -0.15) is 4.31 Å². The molecule has 1 aliphatic rings. The van der Waals surface area contributed by atoms with Gasteiger partial charge < -0.3 is 4.90 Å². The number of nitro groups is 1. The number of halogens is 1. The second-order valence-corrected chi connectivity index (χ2v) is 8.71. The van der Waals surface area contributed by atoms with E-state index in [0.717, 1.165) is 6.07 Å². The Kier molecular flexibility index (Phi) is 5.69. The van der Waals surface area contributed by atoms with Crippen LogP contribution in [0.15, 0.2) is 47.4 Å². The Bertz CT molecular complexity index is 1020. The van der Waals surface area contributed by atoms with Crippen molar-refractivity contribution in [2.45, 2.75) is 11.8 Å². The lowest BCUT2D eigenvalue weighted by atomic mass is 10.2. The Hall–Kier alpha value is -2.49. The molecular weight excluding hydrogens is 406 g/mol. The minimum absolute atomic E-state index is 0.0191. The van der Waals surface area contributed by atoms with E-state index in [-0.39, 0.29) is 53.3 Å². The number of nitrogens with zero attached hydrogens (tertiary/aromatic N) is 3. The summed E-state index contributed by atoms with van der Waals surface area (Å²) in [5.74, 6) is -0.160. The summed E-state index contributed by atoms with van der Waals surface area (Å²) in [4.78, 5) is 24.4. The van der Waals surface area contributed by atoms with E-state index in [1.807, 2.05) is 6.07 Å². The van der Waals surface area contributed by atoms with Crippen LogP contribution in [0, 0.1) is 17.0 Å². The van der Waals surface area contributed by atoms with Crippen molar-refractivity contribution in [3.8, 4) is 0 Å². The Morgan fingerprint density at radius 2 is 1.71 bits per heavy atom. The van der Waals surface area contributed by atoms with E-state index in [0.29, 0.717) is 5.56 Å². The lowest BCUT2D eigenvalue weighted by molar-refractivity contribution is -0.385. The molecule has 2 aromatic carbocycles. The molecule has 8 nitrogen and oxygen atoms in total. The summed E-state index contributed by atoms with van der Waals surface area (Å²) in [6.07, 6.45) is 0. The second kappa shape index (κ2) is 7.86. The standard InChI is InChI=1S/C18H18ClN3O5S/c1-13-16(19)11-15(12-17(13)22(24)25)28(26,27)21-9-7-20(8-10-21)18(23)14-5-3-2-4-6-14/h2-6,11-12H,7-10H2,1H3. The predicted octanol–water partition coefficient (Wildman–Crippen LogP) is 2.70. The first-order chi connectivity index (χ1) is 13.2. The number of amides is 1. The number of hydrogen-bond donors (Lipinski definition) is 0. The highest BCUT2D eigenvalue weighted by Gasteiger charge is 2.32. The lowest BCUT2D eigenvalue weighted by Crippen LogP contribution is -2.50. The first kappa shape index (κ1) is 20.2. The van der Waals surface area contributed by atoms with Crippen LogP contribution in [0.25, 0.3) is 0 Å². The Morgan fingerprint density at radius 1 is 1.11 bits per heavy atom. The number of carbonyl (C=O) groups is 1. The van der Waals surface area contributed by atoms with E-state index >= 15 is 0 Å². The lowest BCUT2D eigenvalue weighted by Gasteiger charge is -2.34. The van der Waals surface area contributed by atoms with Gasteiger partial charge in [0.15, 0.2) is 0 Å². The first-order valence-electron chi connectivity index (χ1n) is 8.51. The van der Waals surface area contributed by atoms with E-state index in [1.54, 1.807) is 29.2 Å².